The van der Waals surface area contributed by atoms with Gasteiger partial charge in [-0.3, -0.25) is 0 Å². The third-order valence-corrected chi connectivity index (χ3v) is 15.7. The van der Waals surface area contributed by atoms with Crippen LogP contribution in [-0.4, -0.2) is 0 Å². The lowest BCUT2D eigenvalue weighted by Crippen LogP contribution is -2.34. The quantitative estimate of drug-likeness (QED) is 0.159. The molecule has 60 heavy (non-hydrogen) atoms. The number of anilines is 6. The first-order valence-electron chi connectivity index (χ1n) is 22.8. The van der Waals surface area contributed by atoms with Crippen LogP contribution in [0.3, 0.4) is 0 Å². The molecular weight excluding hydrogens is 725 g/mol. The molecule has 0 N–H and O–H groups in total. The molecule has 0 bridgehead atoms. The third kappa shape index (κ3) is 5.25. The molecule has 7 aromatic carbocycles. The SMILES string of the molecule is CC1(C)c2ccccc2-c2ccc(N(c3ccc(C4CCCCC4)cc3)c3cccc4c3C35c6c(cccc6N(c6ccccc6)c6ccccc6)CC3CCC5C4)cc21. The maximum atomic E-state index is 2.67. The molecule has 12 rings (SSSR count). The van der Waals surface area contributed by atoms with Crippen LogP contribution >= 0.6 is 0 Å². The van der Waals surface area contributed by atoms with Gasteiger partial charge in [0.1, 0.15) is 0 Å². The molecule has 0 aromatic heterocycles. The minimum absolute atomic E-state index is 0.0883. The maximum Gasteiger partial charge on any atom is 0.0505 e. The summed E-state index contributed by atoms with van der Waals surface area (Å²) in [5.74, 6) is 1.78. The van der Waals surface area contributed by atoms with E-state index in [1.165, 1.54) is 118 Å². The molecule has 5 aliphatic carbocycles. The molecule has 0 radical (unpaired) electrons. The number of nitrogens with zero attached hydrogens (tertiary/aromatic N) is 2. The molecule has 0 aliphatic heterocycles. The van der Waals surface area contributed by atoms with Gasteiger partial charge in [0.15, 0.2) is 0 Å². The Bertz CT molecular complexity index is 2690. The molecule has 3 atom stereocenters. The number of hydrogen-bond acceptors (Lipinski definition) is 2. The number of rotatable bonds is 7. The minimum atomic E-state index is -0.0911. The van der Waals surface area contributed by atoms with Crippen LogP contribution in [0.25, 0.3) is 11.1 Å². The van der Waals surface area contributed by atoms with Gasteiger partial charge in [-0.25, -0.2) is 0 Å². The van der Waals surface area contributed by atoms with Crippen molar-refractivity contribution in [3.8, 4) is 11.1 Å². The fourth-order valence-corrected chi connectivity index (χ4v) is 13.2. The predicted octanol–water partition coefficient (Wildman–Crippen LogP) is 15.4. The van der Waals surface area contributed by atoms with Crippen LogP contribution in [0.2, 0.25) is 0 Å². The predicted molar refractivity (Wildman–Crippen MR) is 250 cm³/mol. The van der Waals surface area contributed by atoms with Crippen LogP contribution in [0.5, 0.6) is 0 Å². The molecule has 7 aromatic rings. The highest BCUT2D eigenvalue weighted by molar-refractivity contribution is 5.89. The van der Waals surface area contributed by atoms with Gasteiger partial charge in [0, 0.05) is 33.6 Å². The van der Waals surface area contributed by atoms with Gasteiger partial charge in [-0.15, -0.1) is 0 Å². The fraction of sp³-hybridized carbons (Fsp3) is 0.276. The van der Waals surface area contributed by atoms with E-state index in [0.717, 1.165) is 12.8 Å². The molecule has 0 saturated heterocycles. The molecule has 5 aliphatic rings. The molecule has 2 fully saturated rings. The van der Waals surface area contributed by atoms with Crippen LogP contribution in [0.15, 0.2) is 164 Å². The van der Waals surface area contributed by atoms with E-state index in [4.69, 9.17) is 0 Å². The fourth-order valence-electron chi connectivity index (χ4n) is 13.2. The van der Waals surface area contributed by atoms with E-state index in [0.29, 0.717) is 17.8 Å². The molecule has 0 heterocycles. The summed E-state index contributed by atoms with van der Waals surface area (Å²) in [7, 11) is 0. The zero-order chi connectivity index (χ0) is 40.0. The second-order valence-electron chi connectivity index (χ2n) is 19.0. The van der Waals surface area contributed by atoms with Gasteiger partial charge >= 0.3 is 0 Å². The van der Waals surface area contributed by atoms with Crippen LogP contribution in [0, 0.1) is 11.8 Å². The number of para-hydroxylation sites is 2. The number of fused-ring (bicyclic) bond motifs is 5. The van der Waals surface area contributed by atoms with E-state index >= 15 is 0 Å². The van der Waals surface area contributed by atoms with Crippen LogP contribution in [-0.2, 0) is 23.7 Å². The van der Waals surface area contributed by atoms with Crippen molar-refractivity contribution in [3.63, 3.8) is 0 Å². The molecule has 296 valence electrons. The van der Waals surface area contributed by atoms with Crippen molar-refractivity contribution in [1.29, 1.82) is 0 Å². The Hall–Kier alpha value is -5.86. The largest absolute Gasteiger partial charge is 0.310 e. The van der Waals surface area contributed by atoms with E-state index < -0.39 is 0 Å². The molecular formula is C58H54N2. The minimum Gasteiger partial charge on any atom is -0.310 e. The lowest BCUT2D eigenvalue weighted by molar-refractivity contribution is 0.350. The maximum absolute atomic E-state index is 2.67. The van der Waals surface area contributed by atoms with Crippen molar-refractivity contribution >= 4 is 34.1 Å². The highest BCUT2D eigenvalue weighted by Crippen LogP contribution is 2.69. The van der Waals surface area contributed by atoms with Gasteiger partial charge in [-0.1, -0.05) is 136 Å². The van der Waals surface area contributed by atoms with Gasteiger partial charge in [0.25, 0.3) is 0 Å². The smallest absolute Gasteiger partial charge is 0.0505 e. The molecule has 2 saturated carbocycles. The molecule has 1 spiro atoms. The van der Waals surface area contributed by atoms with E-state index in [9.17, 15) is 0 Å². The first-order valence-corrected chi connectivity index (χ1v) is 22.8. The van der Waals surface area contributed by atoms with Crippen LogP contribution in [0.1, 0.15) is 104 Å². The van der Waals surface area contributed by atoms with E-state index in [-0.39, 0.29) is 10.8 Å². The summed E-state index contributed by atoms with van der Waals surface area (Å²) in [5.41, 5.74) is 20.7. The summed E-state index contributed by atoms with van der Waals surface area (Å²) < 4.78 is 0. The monoisotopic (exact) mass is 778 g/mol. The Morgan fingerprint density at radius 1 is 0.433 bits per heavy atom. The molecule has 2 heteroatoms. The topological polar surface area (TPSA) is 6.48 Å². The van der Waals surface area contributed by atoms with Crippen molar-refractivity contribution in [2.75, 3.05) is 9.80 Å². The summed E-state index contributed by atoms with van der Waals surface area (Å²) in [6.07, 6.45) is 11.5. The second kappa shape index (κ2) is 13.8. The Morgan fingerprint density at radius 2 is 0.950 bits per heavy atom. The zero-order valence-corrected chi connectivity index (χ0v) is 35.1. The van der Waals surface area contributed by atoms with Crippen molar-refractivity contribution in [2.24, 2.45) is 11.8 Å². The Labute approximate surface area is 356 Å². The standard InChI is InChI=1S/C58H54N2/c1-57(2)51-25-13-12-24-49(51)50-35-34-48(38-52(50)57)60(47-32-28-40(29-33-47)39-16-6-3-7-17-39)54-27-15-19-42-37-44-31-30-43-36-41-18-14-26-53(55(41)58(43,44)56(42)54)59(45-20-8-4-9-21-45)46-22-10-5-11-23-46/h4-5,8-15,18-29,32-35,38-39,43-44H,3,6-7,16-17,30-31,36-37H2,1-2H3. The molecule has 2 nitrogen and oxygen atoms in total. The van der Waals surface area contributed by atoms with E-state index in [1.54, 1.807) is 11.1 Å². The van der Waals surface area contributed by atoms with Crippen molar-refractivity contribution in [3.05, 3.63) is 203 Å². The van der Waals surface area contributed by atoms with Gasteiger partial charge in [0.05, 0.1) is 11.4 Å². The van der Waals surface area contributed by atoms with E-state index in [2.05, 4.69) is 187 Å². The van der Waals surface area contributed by atoms with Crippen molar-refractivity contribution in [2.45, 2.75) is 88.4 Å². The summed E-state index contributed by atoms with van der Waals surface area (Å²) in [6, 6.07) is 62.9. The summed E-state index contributed by atoms with van der Waals surface area (Å²) in [6.45, 7) is 4.83. The Kier molecular flexibility index (Phi) is 8.32. The summed E-state index contributed by atoms with van der Waals surface area (Å²) in [5, 5.41) is 0. The lowest BCUT2D eigenvalue weighted by Gasteiger charge is -2.40. The number of benzene rings is 7. The van der Waals surface area contributed by atoms with Gasteiger partial charge in [0.2, 0.25) is 0 Å². The highest BCUT2D eigenvalue weighted by Gasteiger charge is 2.62. The van der Waals surface area contributed by atoms with Gasteiger partial charge in [-0.2, -0.15) is 0 Å². The van der Waals surface area contributed by atoms with Crippen LogP contribution in [0.4, 0.5) is 34.1 Å². The second-order valence-corrected chi connectivity index (χ2v) is 19.0. The van der Waals surface area contributed by atoms with Crippen LogP contribution < -0.4 is 9.80 Å². The van der Waals surface area contributed by atoms with Crippen molar-refractivity contribution < 1.29 is 0 Å². The average Bonchev–Trinajstić information content (AvgIpc) is 3.99. The van der Waals surface area contributed by atoms with Gasteiger partial charge < -0.3 is 9.80 Å². The summed E-state index contributed by atoms with van der Waals surface area (Å²) in [4.78, 5) is 5.22. The van der Waals surface area contributed by atoms with Crippen molar-refractivity contribution in [1.82, 2.24) is 0 Å². The average molecular weight is 779 g/mol. The molecule has 0 amide bonds. The normalized spacial score (nSPS) is 21.7. The molecule has 3 unspecified atom stereocenters. The number of hydrogen-bond donors (Lipinski definition) is 0. The lowest BCUT2D eigenvalue weighted by atomic mass is 9.68. The van der Waals surface area contributed by atoms with E-state index in [1.807, 2.05) is 0 Å². The van der Waals surface area contributed by atoms with Gasteiger partial charge in [-0.05, 0) is 167 Å². The third-order valence-electron chi connectivity index (χ3n) is 15.7. The zero-order valence-electron chi connectivity index (χ0n) is 35.1. The highest BCUT2D eigenvalue weighted by atomic mass is 15.2. The Balaban J connectivity index is 1.08. The summed E-state index contributed by atoms with van der Waals surface area (Å²) >= 11 is 0. The first-order chi connectivity index (χ1) is 29.5. The Morgan fingerprint density at radius 3 is 1.57 bits per heavy atom. The first kappa shape index (κ1) is 36.0.